The monoisotopic (exact) mass is 271 g/mol. The van der Waals surface area contributed by atoms with Crippen molar-refractivity contribution in [1.82, 2.24) is 14.7 Å². The lowest BCUT2D eigenvalue weighted by atomic mass is 9.84. The van der Waals surface area contributed by atoms with Crippen molar-refractivity contribution < 1.29 is 4.79 Å². The van der Waals surface area contributed by atoms with Crippen molar-refractivity contribution in [1.29, 1.82) is 0 Å². The van der Waals surface area contributed by atoms with Crippen molar-refractivity contribution in [2.24, 2.45) is 5.92 Å². The Labute approximate surface area is 119 Å². The van der Waals surface area contributed by atoms with Crippen LogP contribution in [0.4, 0.5) is 0 Å². The Kier molecular flexibility index (Phi) is 3.72. The van der Waals surface area contributed by atoms with E-state index in [9.17, 15) is 4.79 Å². The molecule has 0 spiro atoms. The van der Waals surface area contributed by atoms with Crippen LogP contribution in [0.2, 0.25) is 0 Å². The van der Waals surface area contributed by atoms with Crippen LogP contribution in [-0.4, -0.2) is 21.3 Å². The fourth-order valence-corrected chi connectivity index (χ4v) is 3.13. The molecule has 1 atom stereocenters. The molecule has 1 saturated carbocycles. The summed E-state index contributed by atoms with van der Waals surface area (Å²) in [6.45, 7) is 2.12. The highest BCUT2D eigenvalue weighted by atomic mass is 16.2. The van der Waals surface area contributed by atoms with Gasteiger partial charge in [-0.2, -0.15) is 0 Å². The summed E-state index contributed by atoms with van der Waals surface area (Å²) < 4.78 is 1.84. The van der Waals surface area contributed by atoms with Crippen molar-refractivity contribution >= 4 is 11.6 Å². The topological polar surface area (TPSA) is 46.4 Å². The maximum atomic E-state index is 12.4. The van der Waals surface area contributed by atoms with E-state index in [4.69, 9.17) is 0 Å². The van der Waals surface area contributed by atoms with Crippen LogP contribution in [0.25, 0.3) is 5.65 Å². The maximum absolute atomic E-state index is 12.4. The van der Waals surface area contributed by atoms with Gasteiger partial charge in [-0.15, -0.1) is 0 Å². The van der Waals surface area contributed by atoms with Gasteiger partial charge in [0, 0.05) is 12.2 Å². The minimum absolute atomic E-state index is 0.0261. The Morgan fingerprint density at radius 3 is 2.95 bits per heavy atom. The van der Waals surface area contributed by atoms with E-state index in [0.29, 0.717) is 11.6 Å². The predicted molar refractivity (Wildman–Crippen MR) is 78.7 cm³/mol. The highest BCUT2D eigenvalue weighted by Gasteiger charge is 2.22. The van der Waals surface area contributed by atoms with Gasteiger partial charge in [0.1, 0.15) is 11.3 Å². The van der Waals surface area contributed by atoms with Gasteiger partial charge < -0.3 is 5.32 Å². The first-order valence-corrected chi connectivity index (χ1v) is 7.48. The summed E-state index contributed by atoms with van der Waals surface area (Å²) in [6, 6.07) is 5.98. The molecule has 1 amide bonds. The number of rotatable bonds is 3. The van der Waals surface area contributed by atoms with E-state index in [2.05, 4.69) is 17.2 Å². The highest BCUT2D eigenvalue weighted by molar-refractivity contribution is 5.93. The molecule has 2 aromatic heterocycles. The normalized spacial score (nSPS) is 18.1. The van der Waals surface area contributed by atoms with Gasteiger partial charge >= 0.3 is 0 Å². The number of carbonyl (C=O) groups excluding carboxylic acids is 1. The Hall–Kier alpha value is -1.84. The van der Waals surface area contributed by atoms with E-state index in [1.807, 2.05) is 28.8 Å². The average molecular weight is 271 g/mol. The van der Waals surface area contributed by atoms with Crippen molar-refractivity contribution in [3.63, 3.8) is 0 Å². The van der Waals surface area contributed by atoms with Crippen LogP contribution >= 0.6 is 0 Å². The van der Waals surface area contributed by atoms with E-state index in [-0.39, 0.29) is 11.9 Å². The first-order chi connectivity index (χ1) is 9.75. The molecule has 4 heteroatoms. The van der Waals surface area contributed by atoms with Gasteiger partial charge in [0.2, 0.25) is 0 Å². The average Bonchev–Trinajstić information content (AvgIpc) is 2.92. The number of hydrogen-bond donors (Lipinski definition) is 1. The van der Waals surface area contributed by atoms with Crippen LogP contribution in [0, 0.1) is 5.92 Å². The molecular formula is C16H21N3O. The van der Waals surface area contributed by atoms with E-state index in [1.165, 1.54) is 32.1 Å². The summed E-state index contributed by atoms with van der Waals surface area (Å²) in [5, 5.41) is 3.14. The van der Waals surface area contributed by atoms with Crippen LogP contribution in [0.1, 0.15) is 49.5 Å². The van der Waals surface area contributed by atoms with E-state index >= 15 is 0 Å². The molecule has 4 nitrogen and oxygen atoms in total. The zero-order valence-corrected chi connectivity index (χ0v) is 11.9. The van der Waals surface area contributed by atoms with E-state index in [0.717, 1.165) is 5.65 Å². The third kappa shape index (κ3) is 2.55. The second-order valence-corrected chi connectivity index (χ2v) is 5.73. The zero-order chi connectivity index (χ0) is 13.9. The van der Waals surface area contributed by atoms with Crippen LogP contribution < -0.4 is 5.32 Å². The van der Waals surface area contributed by atoms with Crippen LogP contribution in [0.3, 0.4) is 0 Å². The minimum atomic E-state index is -0.0261. The second kappa shape index (κ2) is 5.65. The Morgan fingerprint density at radius 2 is 2.15 bits per heavy atom. The number of hydrogen-bond acceptors (Lipinski definition) is 2. The number of nitrogens with zero attached hydrogens (tertiary/aromatic N) is 2. The van der Waals surface area contributed by atoms with Gasteiger partial charge in [0.25, 0.3) is 5.91 Å². The summed E-state index contributed by atoms with van der Waals surface area (Å²) >= 11 is 0. The fraction of sp³-hybridized carbons (Fsp3) is 0.500. The minimum Gasteiger partial charge on any atom is -0.348 e. The Morgan fingerprint density at radius 1 is 1.35 bits per heavy atom. The Bertz CT molecular complexity index is 599. The van der Waals surface area contributed by atoms with Crippen LogP contribution in [0.15, 0.2) is 30.6 Å². The lowest BCUT2D eigenvalue weighted by Crippen LogP contribution is -2.39. The molecule has 1 fully saturated rings. The summed E-state index contributed by atoms with van der Waals surface area (Å²) in [4.78, 5) is 16.7. The van der Waals surface area contributed by atoms with Crippen molar-refractivity contribution in [2.75, 3.05) is 0 Å². The molecule has 1 aliphatic carbocycles. The predicted octanol–water partition coefficient (Wildman–Crippen LogP) is 3.03. The smallest absolute Gasteiger partial charge is 0.270 e. The van der Waals surface area contributed by atoms with Gasteiger partial charge in [0.15, 0.2) is 0 Å². The molecule has 20 heavy (non-hydrogen) atoms. The number of fused-ring (bicyclic) bond motifs is 1. The molecule has 106 valence electrons. The van der Waals surface area contributed by atoms with E-state index < -0.39 is 0 Å². The zero-order valence-electron chi connectivity index (χ0n) is 11.9. The quantitative estimate of drug-likeness (QED) is 0.932. The molecule has 2 aromatic rings. The number of amides is 1. The lowest BCUT2D eigenvalue weighted by Gasteiger charge is -2.28. The van der Waals surface area contributed by atoms with Crippen molar-refractivity contribution in [2.45, 2.75) is 45.1 Å². The third-order valence-electron chi connectivity index (χ3n) is 4.37. The molecule has 3 rings (SSSR count). The number of carbonyl (C=O) groups is 1. The molecule has 2 heterocycles. The number of imidazole rings is 1. The largest absolute Gasteiger partial charge is 0.348 e. The molecule has 0 bridgehead atoms. The van der Waals surface area contributed by atoms with Gasteiger partial charge in [-0.3, -0.25) is 9.20 Å². The van der Waals surface area contributed by atoms with Gasteiger partial charge in [-0.05, 0) is 37.8 Å². The summed E-state index contributed by atoms with van der Waals surface area (Å²) in [7, 11) is 0. The number of pyridine rings is 1. The van der Waals surface area contributed by atoms with Crippen molar-refractivity contribution in [3.8, 4) is 0 Å². The summed E-state index contributed by atoms with van der Waals surface area (Å²) in [6.07, 6.45) is 9.91. The van der Waals surface area contributed by atoms with Gasteiger partial charge in [0.05, 0.1) is 6.20 Å². The van der Waals surface area contributed by atoms with Crippen molar-refractivity contribution in [3.05, 3.63) is 36.3 Å². The standard InChI is InChI=1S/C16H21N3O/c1-12(13-7-3-2-4-8-13)18-16(20)14-11-17-15-9-5-6-10-19(14)15/h5-6,9-13H,2-4,7-8H2,1H3,(H,18,20). The molecule has 1 unspecified atom stereocenters. The highest BCUT2D eigenvalue weighted by Crippen LogP contribution is 2.26. The first kappa shape index (κ1) is 13.2. The third-order valence-corrected chi connectivity index (χ3v) is 4.37. The summed E-state index contributed by atoms with van der Waals surface area (Å²) in [5.74, 6) is 0.591. The molecule has 1 N–H and O–H groups in total. The van der Waals surface area contributed by atoms with Crippen LogP contribution in [0.5, 0.6) is 0 Å². The molecule has 0 saturated heterocycles. The molecule has 0 aliphatic heterocycles. The fourth-order valence-electron chi connectivity index (χ4n) is 3.13. The van der Waals surface area contributed by atoms with Crippen LogP contribution in [-0.2, 0) is 0 Å². The molecular weight excluding hydrogens is 250 g/mol. The maximum Gasteiger partial charge on any atom is 0.270 e. The summed E-state index contributed by atoms with van der Waals surface area (Å²) in [5.41, 5.74) is 1.42. The lowest BCUT2D eigenvalue weighted by molar-refractivity contribution is 0.0913. The molecule has 1 aliphatic rings. The van der Waals surface area contributed by atoms with E-state index in [1.54, 1.807) is 6.20 Å². The first-order valence-electron chi connectivity index (χ1n) is 7.48. The Balaban J connectivity index is 1.72. The van der Waals surface area contributed by atoms with Gasteiger partial charge in [-0.1, -0.05) is 25.3 Å². The molecule has 0 radical (unpaired) electrons. The molecule has 0 aromatic carbocycles. The van der Waals surface area contributed by atoms with Gasteiger partial charge in [-0.25, -0.2) is 4.98 Å². The number of aromatic nitrogens is 2. The second-order valence-electron chi connectivity index (χ2n) is 5.73. The number of nitrogens with one attached hydrogen (secondary N) is 1. The SMILES string of the molecule is CC(NC(=O)c1cnc2ccccn12)C1CCCCC1.